The van der Waals surface area contributed by atoms with E-state index in [-0.39, 0.29) is 5.56 Å². The summed E-state index contributed by atoms with van der Waals surface area (Å²) >= 11 is 0. The maximum absolute atomic E-state index is 12.0. The molecule has 0 spiro atoms. The highest BCUT2D eigenvalue weighted by Crippen LogP contribution is 2.17. The van der Waals surface area contributed by atoms with Gasteiger partial charge in [-0.05, 0) is 19.1 Å². The average Bonchev–Trinajstić information content (AvgIpc) is 2.87. The standard InChI is InChI=1S/C15H19N3O2/c1-3-11-4-5-12(20-11)8-18-7-6-14-13(9-18)15(19)17-10(2)16-14/h4-5H,3,6-9H2,1-2H3,(H,16,17,19). The fourth-order valence-corrected chi connectivity index (χ4v) is 2.66. The van der Waals surface area contributed by atoms with Crippen molar-refractivity contribution in [2.45, 2.75) is 39.8 Å². The summed E-state index contributed by atoms with van der Waals surface area (Å²) < 4.78 is 5.73. The molecule has 1 aliphatic heterocycles. The second-order valence-corrected chi connectivity index (χ2v) is 5.26. The number of aryl methyl sites for hydroxylation is 2. The zero-order chi connectivity index (χ0) is 14.1. The van der Waals surface area contributed by atoms with Crippen LogP contribution in [0.1, 0.15) is 35.5 Å². The molecule has 3 rings (SSSR count). The van der Waals surface area contributed by atoms with E-state index in [1.54, 1.807) is 0 Å². The van der Waals surface area contributed by atoms with Gasteiger partial charge in [-0.2, -0.15) is 0 Å². The number of nitrogens with one attached hydrogen (secondary N) is 1. The van der Waals surface area contributed by atoms with Gasteiger partial charge in [0.15, 0.2) is 0 Å². The van der Waals surface area contributed by atoms with Crippen LogP contribution in [0.15, 0.2) is 21.3 Å². The highest BCUT2D eigenvalue weighted by molar-refractivity contribution is 5.21. The minimum atomic E-state index is -0.00843. The van der Waals surface area contributed by atoms with Crippen molar-refractivity contribution in [2.24, 2.45) is 0 Å². The van der Waals surface area contributed by atoms with Crippen molar-refractivity contribution in [3.63, 3.8) is 0 Å². The number of aromatic nitrogens is 2. The Morgan fingerprint density at radius 1 is 1.40 bits per heavy atom. The highest BCUT2D eigenvalue weighted by atomic mass is 16.3. The third-order valence-electron chi connectivity index (χ3n) is 3.71. The molecule has 0 aromatic carbocycles. The number of fused-ring (bicyclic) bond motifs is 1. The van der Waals surface area contributed by atoms with E-state index in [0.717, 1.165) is 48.7 Å². The van der Waals surface area contributed by atoms with E-state index in [2.05, 4.69) is 21.8 Å². The van der Waals surface area contributed by atoms with Crippen LogP contribution >= 0.6 is 0 Å². The van der Waals surface area contributed by atoms with Crippen LogP contribution in [0, 0.1) is 6.92 Å². The second kappa shape index (κ2) is 5.25. The molecule has 1 N–H and O–H groups in total. The molecule has 106 valence electrons. The van der Waals surface area contributed by atoms with E-state index < -0.39 is 0 Å². The maximum Gasteiger partial charge on any atom is 0.255 e. The Morgan fingerprint density at radius 2 is 2.20 bits per heavy atom. The van der Waals surface area contributed by atoms with E-state index >= 15 is 0 Å². The second-order valence-electron chi connectivity index (χ2n) is 5.26. The minimum absolute atomic E-state index is 0.00843. The van der Waals surface area contributed by atoms with Gasteiger partial charge in [-0.3, -0.25) is 9.69 Å². The molecule has 0 saturated heterocycles. The van der Waals surface area contributed by atoms with Gasteiger partial charge in [0.1, 0.15) is 17.3 Å². The van der Waals surface area contributed by atoms with Crippen molar-refractivity contribution < 1.29 is 4.42 Å². The largest absolute Gasteiger partial charge is 0.465 e. The van der Waals surface area contributed by atoms with E-state index in [4.69, 9.17) is 4.42 Å². The van der Waals surface area contributed by atoms with Crippen molar-refractivity contribution in [1.82, 2.24) is 14.9 Å². The molecule has 0 amide bonds. The Bertz CT molecular complexity index is 672. The number of furan rings is 1. The van der Waals surface area contributed by atoms with Crippen molar-refractivity contribution in [1.29, 1.82) is 0 Å². The van der Waals surface area contributed by atoms with Gasteiger partial charge in [-0.25, -0.2) is 4.98 Å². The minimum Gasteiger partial charge on any atom is -0.465 e. The monoisotopic (exact) mass is 273 g/mol. The highest BCUT2D eigenvalue weighted by Gasteiger charge is 2.21. The summed E-state index contributed by atoms with van der Waals surface area (Å²) in [4.78, 5) is 21.4. The molecule has 0 fully saturated rings. The smallest absolute Gasteiger partial charge is 0.255 e. The Kier molecular flexibility index (Phi) is 3.44. The van der Waals surface area contributed by atoms with Crippen LogP contribution < -0.4 is 5.56 Å². The average molecular weight is 273 g/mol. The Hall–Kier alpha value is -1.88. The van der Waals surface area contributed by atoms with Crippen molar-refractivity contribution in [3.8, 4) is 0 Å². The molecule has 0 aliphatic carbocycles. The molecule has 1 aliphatic rings. The topological polar surface area (TPSA) is 62.1 Å². The number of rotatable bonds is 3. The summed E-state index contributed by atoms with van der Waals surface area (Å²) in [5.41, 5.74) is 1.73. The van der Waals surface area contributed by atoms with Gasteiger partial charge in [-0.15, -0.1) is 0 Å². The molecule has 0 bridgehead atoms. The third-order valence-corrected chi connectivity index (χ3v) is 3.71. The Balaban J connectivity index is 1.77. The number of hydrogen-bond acceptors (Lipinski definition) is 4. The number of H-pyrrole nitrogens is 1. The molecule has 3 heterocycles. The fourth-order valence-electron chi connectivity index (χ4n) is 2.66. The van der Waals surface area contributed by atoms with Gasteiger partial charge < -0.3 is 9.40 Å². The lowest BCUT2D eigenvalue weighted by atomic mass is 10.1. The summed E-state index contributed by atoms with van der Waals surface area (Å²) in [5, 5.41) is 0. The number of hydrogen-bond donors (Lipinski definition) is 1. The van der Waals surface area contributed by atoms with Crippen LogP contribution in [0.25, 0.3) is 0 Å². The van der Waals surface area contributed by atoms with Crippen LogP contribution in [-0.2, 0) is 25.9 Å². The van der Waals surface area contributed by atoms with Crippen LogP contribution in [0.2, 0.25) is 0 Å². The van der Waals surface area contributed by atoms with Crippen molar-refractivity contribution >= 4 is 0 Å². The first-order valence-corrected chi connectivity index (χ1v) is 7.04. The van der Waals surface area contributed by atoms with Gasteiger partial charge in [-0.1, -0.05) is 6.92 Å². The number of aromatic amines is 1. The lowest BCUT2D eigenvalue weighted by molar-refractivity contribution is 0.220. The quantitative estimate of drug-likeness (QED) is 0.926. The first kappa shape index (κ1) is 13.1. The van der Waals surface area contributed by atoms with E-state index in [9.17, 15) is 4.79 Å². The first-order valence-electron chi connectivity index (χ1n) is 7.04. The van der Waals surface area contributed by atoms with E-state index in [0.29, 0.717) is 12.4 Å². The summed E-state index contributed by atoms with van der Waals surface area (Å²) in [6.45, 7) is 6.19. The molecular formula is C15H19N3O2. The Labute approximate surface area is 117 Å². The maximum atomic E-state index is 12.0. The molecule has 5 nitrogen and oxygen atoms in total. The van der Waals surface area contributed by atoms with Gasteiger partial charge in [0.2, 0.25) is 0 Å². The van der Waals surface area contributed by atoms with E-state index in [1.165, 1.54) is 0 Å². The molecule has 0 saturated carbocycles. The van der Waals surface area contributed by atoms with Crippen molar-refractivity contribution in [2.75, 3.05) is 6.54 Å². The summed E-state index contributed by atoms with van der Waals surface area (Å²) in [6, 6.07) is 4.04. The lowest BCUT2D eigenvalue weighted by Crippen LogP contribution is -2.35. The van der Waals surface area contributed by atoms with Gasteiger partial charge >= 0.3 is 0 Å². The Morgan fingerprint density at radius 3 is 2.95 bits per heavy atom. The zero-order valence-electron chi connectivity index (χ0n) is 11.9. The van der Waals surface area contributed by atoms with Crippen LogP contribution in [0.3, 0.4) is 0 Å². The molecule has 2 aromatic heterocycles. The van der Waals surface area contributed by atoms with Crippen molar-refractivity contribution in [3.05, 3.63) is 51.1 Å². The first-order chi connectivity index (χ1) is 9.65. The molecule has 0 unspecified atom stereocenters. The van der Waals surface area contributed by atoms with Gasteiger partial charge in [0, 0.05) is 25.9 Å². The molecule has 5 heteroatoms. The molecule has 2 aromatic rings. The summed E-state index contributed by atoms with van der Waals surface area (Å²) in [6.07, 6.45) is 1.73. The SMILES string of the molecule is CCc1ccc(CN2CCc3nc(C)[nH]c(=O)c3C2)o1. The lowest BCUT2D eigenvalue weighted by Gasteiger charge is -2.26. The molecule has 0 radical (unpaired) electrons. The predicted molar refractivity (Wildman–Crippen MR) is 75.5 cm³/mol. The van der Waals surface area contributed by atoms with Crippen LogP contribution in [0.4, 0.5) is 0 Å². The normalized spacial score (nSPS) is 15.3. The van der Waals surface area contributed by atoms with Gasteiger partial charge in [0.25, 0.3) is 5.56 Å². The van der Waals surface area contributed by atoms with Crippen LogP contribution in [0.5, 0.6) is 0 Å². The summed E-state index contributed by atoms with van der Waals surface area (Å²) in [7, 11) is 0. The zero-order valence-corrected chi connectivity index (χ0v) is 11.9. The van der Waals surface area contributed by atoms with Crippen LogP contribution in [-0.4, -0.2) is 21.4 Å². The fraction of sp³-hybridized carbons (Fsp3) is 0.467. The predicted octanol–water partition coefficient (Wildman–Crippen LogP) is 1.79. The van der Waals surface area contributed by atoms with E-state index in [1.807, 2.05) is 19.1 Å². The van der Waals surface area contributed by atoms with Gasteiger partial charge in [0.05, 0.1) is 17.8 Å². The third kappa shape index (κ3) is 2.54. The summed E-state index contributed by atoms with van der Waals surface area (Å²) in [5.74, 6) is 2.66. The molecule has 0 atom stereocenters. The molecular weight excluding hydrogens is 254 g/mol. The molecule has 20 heavy (non-hydrogen) atoms. The number of nitrogens with zero attached hydrogens (tertiary/aromatic N) is 2.